The monoisotopic (exact) mass is 187 g/mol. The van der Waals surface area contributed by atoms with Crippen LogP contribution in [-0.4, -0.2) is 12.2 Å². The smallest absolute Gasteiger partial charge is 0.212 e. The summed E-state index contributed by atoms with van der Waals surface area (Å²) in [6, 6.07) is 7.83. The minimum Gasteiger partial charge on any atom is -0.368 e. The van der Waals surface area contributed by atoms with Crippen LogP contribution in [0.5, 0.6) is 0 Å². The van der Waals surface area contributed by atoms with Gasteiger partial charge in [0.05, 0.1) is 0 Å². The van der Waals surface area contributed by atoms with Crippen molar-refractivity contribution < 1.29 is 0 Å². The summed E-state index contributed by atoms with van der Waals surface area (Å²) in [6.07, 6.45) is 4.22. The van der Waals surface area contributed by atoms with Gasteiger partial charge in [0.2, 0.25) is 5.96 Å². The van der Waals surface area contributed by atoms with Crippen LogP contribution in [0.2, 0.25) is 0 Å². The van der Waals surface area contributed by atoms with E-state index in [0.29, 0.717) is 0 Å². The fraction of sp³-hybridized carbons (Fsp3) is 0.0909. The van der Waals surface area contributed by atoms with Gasteiger partial charge < -0.3 is 5.73 Å². The average Bonchev–Trinajstić information content (AvgIpc) is 2.17. The van der Waals surface area contributed by atoms with E-state index in [1.807, 2.05) is 30.3 Å². The Balaban J connectivity index is 2.94. The van der Waals surface area contributed by atoms with Crippen molar-refractivity contribution >= 4 is 12.2 Å². The third kappa shape index (κ3) is 2.86. The molecule has 0 aliphatic rings. The molecule has 0 unspecified atom stereocenters. The van der Waals surface area contributed by atoms with Crippen molar-refractivity contribution in [2.75, 3.05) is 0 Å². The molecule has 0 fully saturated rings. The van der Waals surface area contributed by atoms with Gasteiger partial charge in [0.1, 0.15) is 0 Å². The molecule has 0 aliphatic heterocycles. The standard InChI is InChI=1S/C11H13N3/c1-2-5-9-6-3-4-7-10(9)8-14-11(12)13/h2-4,6-8H,1,5H2,(H3,12,13)/b14-8-. The maximum absolute atomic E-state index is 6.98. The predicted molar refractivity (Wildman–Crippen MR) is 59.9 cm³/mol. The van der Waals surface area contributed by atoms with Crippen molar-refractivity contribution in [1.82, 2.24) is 0 Å². The molecule has 1 aromatic carbocycles. The highest BCUT2D eigenvalue weighted by Gasteiger charge is 1.96. The van der Waals surface area contributed by atoms with E-state index in [2.05, 4.69) is 11.6 Å². The van der Waals surface area contributed by atoms with Gasteiger partial charge in [-0.2, -0.15) is 0 Å². The Morgan fingerprint density at radius 2 is 2.21 bits per heavy atom. The molecule has 0 atom stereocenters. The molecule has 0 amide bonds. The van der Waals surface area contributed by atoms with E-state index in [4.69, 9.17) is 11.1 Å². The zero-order chi connectivity index (χ0) is 10.4. The summed E-state index contributed by atoms with van der Waals surface area (Å²) in [5, 5.41) is 6.98. The van der Waals surface area contributed by atoms with E-state index < -0.39 is 0 Å². The lowest BCUT2D eigenvalue weighted by atomic mass is 10.1. The highest BCUT2D eigenvalue weighted by Crippen LogP contribution is 2.07. The van der Waals surface area contributed by atoms with Gasteiger partial charge in [-0.3, -0.25) is 5.41 Å². The molecular weight excluding hydrogens is 174 g/mol. The molecule has 0 spiro atoms. The average molecular weight is 187 g/mol. The molecule has 1 rings (SSSR count). The van der Waals surface area contributed by atoms with E-state index in [-0.39, 0.29) is 5.96 Å². The Labute approximate surface area is 83.5 Å². The Morgan fingerprint density at radius 3 is 2.86 bits per heavy atom. The second kappa shape index (κ2) is 4.97. The molecule has 3 N–H and O–H groups in total. The van der Waals surface area contributed by atoms with Crippen molar-refractivity contribution in [3.05, 3.63) is 48.0 Å². The molecule has 72 valence electrons. The Kier molecular flexibility index (Phi) is 3.61. The predicted octanol–water partition coefficient (Wildman–Crippen LogP) is 1.73. The molecule has 0 aliphatic carbocycles. The maximum atomic E-state index is 6.98. The molecular formula is C11H13N3. The van der Waals surface area contributed by atoms with Crippen molar-refractivity contribution in [3.8, 4) is 0 Å². The number of rotatable bonds is 3. The van der Waals surface area contributed by atoms with Crippen LogP contribution in [0, 0.1) is 5.41 Å². The first-order valence-electron chi connectivity index (χ1n) is 4.31. The van der Waals surface area contributed by atoms with Crippen LogP contribution in [0.1, 0.15) is 11.1 Å². The Morgan fingerprint density at radius 1 is 1.50 bits per heavy atom. The third-order valence-corrected chi connectivity index (χ3v) is 1.76. The molecule has 0 saturated carbocycles. The molecule has 0 aromatic heterocycles. The summed E-state index contributed by atoms with van der Waals surface area (Å²) in [4.78, 5) is 3.74. The number of nitrogens with one attached hydrogen (secondary N) is 1. The van der Waals surface area contributed by atoms with Crippen LogP contribution >= 0.6 is 0 Å². The van der Waals surface area contributed by atoms with Crippen molar-refractivity contribution in [2.24, 2.45) is 10.7 Å². The van der Waals surface area contributed by atoms with E-state index >= 15 is 0 Å². The summed E-state index contributed by atoms with van der Waals surface area (Å²) >= 11 is 0. The number of allylic oxidation sites excluding steroid dienone is 1. The third-order valence-electron chi connectivity index (χ3n) is 1.76. The van der Waals surface area contributed by atoms with Gasteiger partial charge in [0.25, 0.3) is 0 Å². The molecule has 14 heavy (non-hydrogen) atoms. The summed E-state index contributed by atoms with van der Waals surface area (Å²) in [6.45, 7) is 3.68. The van der Waals surface area contributed by atoms with Crippen LogP contribution in [-0.2, 0) is 6.42 Å². The number of nitrogens with two attached hydrogens (primary N) is 1. The zero-order valence-corrected chi connectivity index (χ0v) is 7.90. The van der Waals surface area contributed by atoms with Crippen LogP contribution in [0.3, 0.4) is 0 Å². The van der Waals surface area contributed by atoms with Crippen molar-refractivity contribution in [1.29, 1.82) is 5.41 Å². The lowest BCUT2D eigenvalue weighted by molar-refractivity contribution is 1.27. The molecule has 0 saturated heterocycles. The minimum absolute atomic E-state index is 0.182. The number of aliphatic imine (C=N–C) groups is 1. The van der Waals surface area contributed by atoms with E-state index in [1.165, 1.54) is 0 Å². The lowest BCUT2D eigenvalue weighted by Crippen LogP contribution is -2.06. The van der Waals surface area contributed by atoms with E-state index in [9.17, 15) is 0 Å². The summed E-state index contributed by atoms with van der Waals surface area (Å²) in [7, 11) is 0. The van der Waals surface area contributed by atoms with Crippen molar-refractivity contribution in [2.45, 2.75) is 6.42 Å². The van der Waals surface area contributed by atoms with Crippen LogP contribution < -0.4 is 5.73 Å². The van der Waals surface area contributed by atoms with Crippen LogP contribution in [0.4, 0.5) is 0 Å². The molecule has 0 radical (unpaired) electrons. The van der Waals surface area contributed by atoms with Gasteiger partial charge in [-0.1, -0.05) is 30.3 Å². The topological polar surface area (TPSA) is 62.2 Å². The minimum atomic E-state index is -0.182. The number of guanidine groups is 1. The number of nitrogens with zero attached hydrogens (tertiary/aromatic N) is 1. The normalized spacial score (nSPS) is 10.3. The number of hydrogen-bond acceptors (Lipinski definition) is 1. The van der Waals surface area contributed by atoms with Crippen LogP contribution in [0.15, 0.2) is 41.9 Å². The Bertz CT molecular complexity index is 367. The lowest BCUT2D eigenvalue weighted by Gasteiger charge is -2.01. The molecule has 0 bridgehead atoms. The first-order valence-corrected chi connectivity index (χ1v) is 4.31. The maximum Gasteiger partial charge on any atom is 0.212 e. The Hall–Kier alpha value is -1.90. The zero-order valence-electron chi connectivity index (χ0n) is 7.90. The quantitative estimate of drug-likeness (QED) is 0.422. The fourth-order valence-electron chi connectivity index (χ4n) is 1.14. The SMILES string of the molecule is C=CCc1ccccc1/C=N\C(=N)N. The number of hydrogen-bond donors (Lipinski definition) is 2. The highest BCUT2D eigenvalue weighted by atomic mass is 15.0. The molecule has 1 aromatic rings. The molecule has 3 nitrogen and oxygen atoms in total. The van der Waals surface area contributed by atoms with E-state index in [1.54, 1.807) is 6.21 Å². The molecule has 0 heterocycles. The van der Waals surface area contributed by atoms with E-state index in [0.717, 1.165) is 17.5 Å². The van der Waals surface area contributed by atoms with Gasteiger partial charge in [0, 0.05) is 6.21 Å². The van der Waals surface area contributed by atoms with Crippen molar-refractivity contribution in [3.63, 3.8) is 0 Å². The number of benzene rings is 1. The van der Waals surface area contributed by atoms with Crippen LogP contribution in [0.25, 0.3) is 0 Å². The van der Waals surface area contributed by atoms with Gasteiger partial charge in [-0.05, 0) is 17.5 Å². The van der Waals surface area contributed by atoms with Gasteiger partial charge >= 0.3 is 0 Å². The second-order valence-electron chi connectivity index (χ2n) is 2.84. The van der Waals surface area contributed by atoms with Gasteiger partial charge in [-0.25, -0.2) is 4.99 Å². The summed E-state index contributed by atoms with van der Waals surface area (Å²) < 4.78 is 0. The first kappa shape index (κ1) is 10.2. The largest absolute Gasteiger partial charge is 0.368 e. The summed E-state index contributed by atoms with van der Waals surface area (Å²) in [5.41, 5.74) is 7.24. The fourth-order valence-corrected chi connectivity index (χ4v) is 1.14. The molecule has 3 heteroatoms. The summed E-state index contributed by atoms with van der Waals surface area (Å²) in [5.74, 6) is -0.182. The second-order valence-corrected chi connectivity index (χ2v) is 2.84. The first-order chi connectivity index (χ1) is 6.74. The van der Waals surface area contributed by atoms with Gasteiger partial charge in [-0.15, -0.1) is 6.58 Å². The highest BCUT2D eigenvalue weighted by molar-refractivity contribution is 5.92. The van der Waals surface area contributed by atoms with Gasteiger partial charge in [0.15, 0.2) is 0 Å².